The zero-order valence-electron chi connectivity index (χ0n) is 10.4. The summed E-state index contributed by atoms with van der Waals surface area (Å²) in [5.74, 6) is 0. The summed E-state index contributed by atoms with van der Waals surface area (Å²) in [7, 11) is 4.08. The lowest BCUT2D eigenvalue weighted by Crippen LogP contribution is -2.32. The largest absolute Gasteiger partial charge is 0.327 e. The number of nitrogens with zero attached hydrogens (tertiary/aromatic N) is 3. The lowest BCUT2D eigenvalue weighted by Gasteiger charge is -2.18. The quantitative estimate of drug-likeness (QED) is 0.800. The van der Waals surface area contributed by atoms with E-state index in [4.69, 9.17) is 5.73 Å². The Kier molecular flexibility index (Phi) is 3.88. The van der Waals surface area contributed by atoms with Gasteiger partial charge in [-0.1, -0.05) is 0 Å². The van der Waals surface area contributed by atoms with Gasteiger partial charge in [0.2, 0.25) is 0 Å². The van der Waals surface area contributed by atoms with E-state index in [-0.39, 0.29) is 6.04 Å². The molecule has 0 amide bonds. The van der Waals surface area contributed by atoms with Crippen LogP contribution in [-0.4, -0.2) is 34.3 Å². The number of likely N-dealkylation sites (N-methyl/N-ethyl adjacent to an activating group) is 1. The average Bonchev–Trinajstić information content (AvgIpc) is 2.31. The van der Waals surface area contributed by atoms with Gasteiger partial charge in [-0.3, -0.25) is 4.68 Å². The third-order valence-electron chi connectivity index (χ3n) is 2.69. The normalized spacial score (nSPS) is 13.5. The van der Waals surface area contributed by atoms with Gasteiger partial charge in [0.1, 0.15) is 0 Å². The van der Waals surface area contributed by atoms with E-state index in [2.05, 4.69) is 30.9 Å². The molecule has 0 radical (unpaired) electrons. The average molecular weight is 210 g/mol. The highest BCUT2D eigenvalue weighted by molar-refractivity contribution is 5.24. The first-order chi connectivity index (χ1) is 6.91. The maximum absolute atomic E-state index is 5.77. The fourth-order valence-corrected chi connectivity index (χ4v) is 1.87. The van der Waals surface area contributed by atoms with Crippen LogP contribution < -0.4 is 5.73 Å². The van der Waals surface area contributed by atoms with Crippen LogP contribution in [-0.2, 0) is 13.6 Å². The van der Waals surface area contributed by atoms with Gasteiger partial charge < -0.3 is 10.6 Å². The maximum atomic E-state index is 5.77. The van der Waals surface area contributed by atoms with Gasteiger partial charge in [0.25, 0.3) is 0 Å². The van der Waals surface area contributed by atoms with Crippen LogP contribution in [0.5, 0.6) is 0 Å². The minimum absolute atomic E-state index is 0.215. The molecule has 0 aliphatic carbocycles. The van der Waals surface area contributed by atoms with Crippen LogP contribution in [0.4, 0.5) is 0 Å². The van der Waals surface area contributed by atoms with E-state index >= 15 is 0 Å². The summed E-state index contributed by atoms with van der Waals surface area (Å²) in [5, 5.41) is 4.40. The zero-order valence-corrected chi connectivity index (χ0v) is 10.4. The molecule has 1 atom stereocenters. The number of hydrogen-bond acceptors (Lipinski definition) is 3. The second-order valence-corrected chi connectivity index (χ2v) is 4.45. The summed E-state index contributed by atoms with van der Waals surface area (Å²) in [5.41, 5.74) is 9.44. The van der Waals surface area contributed by atoms with E-state index in [9.17, 15) is 0 Å². The first-order valence-electron chi connectivity index (χ1n) is 5.35. The monoisotopic (exact) mass is 210 g/mol. The highest BCUT2D eigenvalue weighted by Crippen LogP contribution is 2.13. The molecule has 0 aliphatic rings. The zero-order chi connectivity index (χ0) is 11.6. The molecule has 4 nitrogen and oxygen atoms in total. The maximum Gasteiger partial charge on any atom is 0.0641 e. The van der Waals surface area contributed by atoms with Crippen molar-refractivity contribution in [1.82, 2.24) is 14.7 Å². The Balaban J connectivity index is 2.71. The van der Waals surface area contributed by atoms with Crippen molar-refractivity contribution in [2.75, 3.05) is 13.6 Å². The summed E-state index contributed by atoms with van der Waals surface area (Å²) >= 11 is 0. The van der Waals surface area contributed by atoms with Gasteiger partial charge in [-0.2, -0.15) is 5.10 Å². The third-order valence-corrected chi connectivity index (χ3v) is 2.69. The Labute approximate surface area is 92.1 Å². The molecule has 0 aromatic carbocycles. The SMILES string of the molecule is Cc1nn(C)c(C)c1CN(C)C[C@@H](C)N. The lowest BCUT2D eigenvalue weighted by atomic mass is 10.2. The number of aryl methyl sites for hydroxylation is 2. The summed E-state index contributed by atoms with van der Waals surface area (Å²) in [6.45, 7) is 8.03. The molecule has 0 bridgehead atoms. The van der Waals surface area contributed by atoms with E-state index in [1.165, 1.54) is 11.3 Å². The standard InChI is InChI=1S/C11H22N4/c1-8(12)6-14(4)7-11-9(2)13-15(5)10(11)3/h8H,6-7,12H2,1-5H3/t8-/m1/s1. The Morgan fingerprint density at radius 1 is 1.47 bits per heavy atom. The third kappa shape index (κ3) is 3.04. The van der Waals surface area contributed by atoms with Crippen molar-refractivity contribution < 1.29 is 0 Å². The molecular weight excluding hydrogens is 188 g/mol. The summed E-state index contributed by atoms with van der Waals surface area (Å²) in [6, 6.07) is 0.215. The van der Waals surface area contributed by atoms with Crippen molar-refractivity contribution in [3.8, 4) is 0 Å². The molecule has 1 rings (SSSR count). The molecule has 86 valence electrons. The van der Waals surface area contributed by atoms with Crippen molar-refractivity contribution in [1.29, 1.82) is 0 Å². The fourth-order valence-electron chi connectivity index (χ4n) is 1.87. The van der Waals surface area contributed by atoms with Crippen molar-refractivity contribution in [3.05, 3.63) is 17.0 Å². The minimum Gasteiger partial charge on any atom is -0.327 e. The van der Waals surface area contributed by atoms with Crippen molar-refractivity contribution >= 4 is 0 Å². The Hall–Kier alpha value is -0.870. The van der Waals surface area contributed by atoms with Crippen LogP contribution in [0.3, 0.4) is 0 Å². The van der Waals surface area contributed by atoms with Gasteiger partial charge in [-0.25, -0.2) is 0 Å². The molecule has 15 heavy (non-hydrogen) atoms. The second kappa shape index (κ2) is 4.77. The summed E-state index contributed by atoms with van der Waals surface area (Å²) in [6.07, 6.45) is 0. The first kappa shape index (κ1) is 12.2. The lowest BCUT2D eigenvalue weighted by molar-refractivity contribution is 0.308. The highest BCUT2D eigenvalue weighted by Gasteiger charge is 2.11. The second-order valence-electron chi connectivity index (χ2n) is 4.45. The number of rotatable bonds is 4. The Bertz CT molecular complexity index is 328. The molecule has 0 spiro atoms. The molecule has 2 N–H and O–H groups in total. The van der Waals surface area contributed by atoms with Gasteiger partial charge in [-0.05, 0) is 27.8 Å². The predicted octanol–water partition coefficient (Wildman–Crippen LogP) is 0.816. The van der Waals surface area contributed by atoms with E-state index in [0.29, 0.717) is 0 Å². The summed E-state index contributed by atoms with van der Waals surface area (Å²) in [4.78, 5) is 2.24. The molecule has 0 aliphatic heterocycles. The molecule has 1 heterocycles. The van der Waals surface area contributed by atoms with Gasteiger partial charge in [0, 0.05) is 37.4 Å². The van der Waals surface area contributed by atoms with Crippen LogP contribution >= 0.6 is 0 Å². The first-order valence-corrected chi connectivity index (χ1v) is 5.35. The van der Waals surface area contributed by atoms with Gasteiger partial charge in [0.15, 0.2) is 0 Å². The van der Waals surface area contributed by atoms with E-state index in [0.717, 1.165) is 18.8 Å². The van der Waals surface area contributed by atoms with Crippen molar-refractivity contribution in [2.45, 2.75) is 33.4 Å². The molecule has 1 aromatic rings. The van der Waals surface area contributed by atoms with Gasteiger partial charge >= 0.3 is 0 Å². The number of hydrogen-bond donors (Lipinski definition) is 1. The summed E-state index contributed by atoms with van der Waals surface area (Å²) < 4.78 is 1.93. The topological polar surface area (TPSA) is 47.1 Å². The van der Waals surface area contributed by atoms with Crippen LogP contribution in [0.15, 0.2) is 0 Å². The number of aromatic nitrogens is 2. The Morgan fingerprint density at radius 2 is 2.07 bits per heavy atom. The molecule has 0 unspecified atom stereocenters. The van der Waals surface area contributed by atoms with Crippen LogP contribution in [0.1, 0.15) is 23.9 Å². The molecular formula is C11H22N4. The van der Waals surface area contributed by atoms with Crippen LogP contribution in [0.25, 0.3) is 0 Å². The van der Waals surface area contributed by atoms with Crippen molar-refractivity contribution in [2.24, 2.45) is 12.8 Å². The molecule has 0 saturated heterocycles. The molecule has 0 fully saturated rings. The van der Waals surface area contributed by atoms with E-state index < -0.39 is 0 Å². The van der Waals surface area contributed by atoms with Crippen LogP contribution in [0.2, 0.25) is 0 Å². The van der Waals surface area contributed by atoms with E-state index in [1.54, 1.807) is 0 Å². The predicted molar refractivity (Wildman–Crippen MR) is 62.7 cm³/mol. The van der Waals surface area contributed by atoms with Gasteiger partial charge in [0.05, 0.1) is 5.69 Å². The van der Waals surface area contributed by atoms with Crippen LogP contribution in [0, 0.1) is 13.8 Å². The molecule has 1 aromatic heterocycles. The number of nitrogens with two attached hydrogens (primary N) is 1. The van der Waals surface area contributed by atoms with Gasteiger partial charge in [-0.15, -0.1) is 0 Å². The smallest absolute Gasteiger partial charge is 0.0641 e. The Morgan fingerprint density at radius 3 is 2.47 bits per heavy atom. The fraction of sp³-hybridized carbons (Fsp3) is 0.727. The van der Waals surface area contributed by atoms with E-state index in [1.807, 2.05) is 18.7 Å². The minimum atomic E-state index is 0.215. The molecule has 0 saturated carbocycles. The highest BCUT2D eigenvalue weighted by atomic mass is 15.3. The van der Waals surface area contributed by atoms with Crippen molar-refractivity contribution in [3.63, 3.8) is 0 Å². The molecule has 4 heteroatoms.